The summed E-state index contributed by atoms with van der Waals surface area (Å²) < 4.78 is 39.3. The Morgan fingerprint density at radius 2 is 1.85 bits per heavy atom. The Labute approximate surface area is 127 Å². The minimum absolute atomic E-state index is 0.144. The molecule has 1 heterocycles. The molecule has 1 aromatic carbocycles. The van der Waals surface area contributed by atoms with E-state index in [0.717, 1.165) is 12.1 Å². The van der Waals surface area contributed by atoms with E-state index < -0.39 is 20.7 Å². The molecule has 0 radical (unpaired) electrons. The van der Waals surface area contributed by atoms with Gasteiger partial charge in [-0.05, 0) is 19.1 Å². The van der Waals surface area contributed by atoms with Crippen LogP contribution in [0.5, 0.6) is 0 Å². The van der Waals surface area contributed by atoms with Gasteiger partial charge in [0.1, 0.15) is 5.82 Å². The molecule has 0 unspecified atom stereocenters. The quantitative estimate of drug-likeness (QED) is 0.886. The van der Waals surface area contributed by atoms with Gasteiger partial charge in [0, 0.05) is 5.69 Å². The van der Waals surface area contributed by atoms with Crippen molar-refractivity contribution < 1.29 is 12.8 Å². The number of hydrogen-bond acceptors (Lipinski definition) is 4. The lowest BCUT2D eigenvalue weighted by Gasteiger charge is -2.10. The normalized spacial score (nSPS) is 11.6. The van der Waals surface area contributed by atoms with Crippen LogP contribution in [0.2, 0.25) is 10.0 Å². The first kappa shape index (κ1) is 15.3. The van der Waals surface area contributed by atoms with Crippen LogP contribution in [0.25, 0.3) is 0 Å². The SMILES string of the molecule is Cc1[nH]c(=O)sc1S(=O)(=O)Nc1c(Cl)cc(F)cc1Cl. The van der Waals surface area contributed by atoms with Crippen LogP contribution in [0.3, 0.4) is 0 Å². The molecule has 5 nitrogen and oxygen atoms in total. The third kappa shape index (κ3) is 2.98. The van der Waals surface area contributed by atoms with E-state index in [1.165, 1.54) is 6.92 Å². The Morgan fingerprint density at radius 1 is 1.30 bits per heavy atom. The van der Waals surface area contributed by atoms with Crippen LogP contribution in [0.1, 0.15) is 5.69 Å². The van der Waals surface area contributed by atoms with E-state index in [2.05, 4.69) is 9.71 Å². The van der Waals surface area contributed by atoms with E-state index in [1.807, 2.05) is 0 Å². The van der Waals surface area contributed by atoms with Gasteiger partial charge >= 0.3 is 4.87 Å². The smallest absolute Gasteiger partial charge is 0.306 e. The number of aromatic nitrogens is 1. The molecule has 0 aliphatic rings. The average Bonchev–Trinajstić information content (AvgIpc) is 2.64. The molecule has 10 heteroatoms. The molecule has 0 spiro atoms. The molecule has 0 saturated heterocycles. The van der Waals surface area contributed by atoms with Gasteiger partial charge in [0.25, 0.3) is 10.0 Å². The highest BCUT2D eigenvalue weighted by Gasteiger charge is 2.23. The first-order valence-corrected chi connectivity index (χ1v) is 8.13. The van der Waals surface area contributed by atoms with Crippen molar-refractivity contribution in [3.05, 3.63) is 43.4 Å². The van der Waals surface area contributed by atoms with Crippen molar-refractivity contribution in [3.63, 3.8) is 0 Å². The molecule has 0 amide bonds. The minimum atomic E-state index is -4.04. The van der Waals surface area contributed by atoms with Crippen molar-refractivity contribution in [2.75, 3.05) is 4.72 Å². The number of anilines is 1. The number of nitrogens with one attached hydrogen (secondary N) is 2. The van der Waals surface area contributed by atoms with Crippen molar-refractivity contribution in [2.24, 2.45) is 0 Å². The van der Waals surface area contributed by atoms with E-state index in [1.54, 1.807) is 0 Å². The fourth-order valence-electron chi connectivity index (χ4n) is 1.47. The summed E-state index contributed by atoms with van der Waals surface area (Å²) in [6.45, 7) is 1.44. The fraction of sp³-hybridized carbons (Fsp3) is 0.100. The summed E-state index contributed by atoms with van der Waals surface area (Å²) >= 11 is 12.0. The number of sulfonamides is 1. The molecule has 108 valence electrons. The number of rotatable bonds is 3. The lowest BCUT2D eigenvalue weighted by molar-refractivity contribution is 0.602. The van der Waals surface area contributed by atoms with Gasteiger partial charge in [0.2, 0.25) is 0 Å². The first-order valence-electron chi connectivity index (χ1n) is 5.08. The van der Waals surface area contributed by atoms with Gasteiger partial charge in [-0.2, -0.15) is 0 Å². The molecule has 0 aliphatic heterocycles. The lowest BCUT2D eigenvalue weighted by atomic mass is 10.3. The third-order valence-corrected chi connectivity index (χ3v) is 5.82. The van der Waals surface area contributed by atoms with Crippen molar-refractivity contribution in [2.45, 2.75) is 11.1 Å². The Morgan fingerprint density at radius 3 is 2.30 bits per heavy atom. The lowest BCUT2D eigenvalue weighted by Crippen LogP contribution is -2.13. The van der Waals surface area contributed by atoms with E-state index in [0.29, 0.717) is 11.3 Å². The van der Waals surface area contributed by atoms with Crippen molar-refractivity contribution in [3.8, 4) is 0 Å². The molecule has 2 aromatic rings. The van der Waals surface area contributed by atoms with Crippen LogP contribution in [0.4, 0.5) is 10.1 Å². The van der Waals surface area contributed by atoms with E-state index >= 15 is 0 Å². The van der Waals surface area contributed by atoms with Gasteiger partial charge in [-0.3, -0.25) is 9.52 Å². The molecular formula is C10H7Cl2FN2O3S2. The highest BCUT2D eigenvalue weighted by Crippen LogP contribution is 2.33. The summed E-state index contributed by atoms with van der Waals surface area (Å²) in [4.78, 5) is 13.0. The molecule has 0 fully saturated rings. The highest BCUT2D eigenvalue weighted by atomic mass is 35.5. The zero-order valence-electron chi connectivity index (χ0n) is 9.83. The summed E-state index contributed by atoms with van der Waals surface area (Å²) in [5.74, 6) is -0.689. The van der Waals surface area contributed by atoms with E-state index in [-0.39, 0.29) is 25.6 Å². The summed E-state index contributed by atoms with van der Waals surface area (Å²) in [5, 5.41) is -0.363. The molecular weight excluding hydrogens is 350 g/mol. The second kappa shape index (κ2) is 5.36. The van der Waals surface area contributed by atoms with Crippen LogP contribution in [0, 0.1) is 12.7 Å². The predicted molar refractivity (Wildman–Crippen MR) is 76.9 cm³/mol. The van der Waals surface area contributed by atoms with Crippen molar-refractivity contribution >= 4 is 50.2 Å². The second-order valence-electron chi connectivity index (χ2n) is 3.78. The Bertz CT molecular complexity index is 806. The number of aryl methyl sites for hydroxylation is 1. The van der Waals surface area contributed by atoms with Crippen molar-refractivity contribution in [1.82, 2.24) is 4.98 Å². The maximum Gasteiger partial charge on any atom is 0.306 e. The number of benzene rings is 1. The highest BCUT2D eigenvalue weighted by molar-refractivity contribution is 7.94. The molecule has 0 aliphatic carbocycles. The third-order valence-electron chi connectivity index (χ3n) is 2.27. The van der Waals surface area contributed by atoms with Crippen LogP contribution < -0.4 is 9.60 Å². The molecule has 1 aromatic heterocycles. The summed E-state index contributed by atoms with van der Waals surface area (Å²) in [6.07, 6.45) is 0. The number of aromatic amines is 1. The standard InChI is InChI=1S/C10H7Cl2FN2O3S2/c1-4-9(19-10(16)14-4)20(17,18)15-8-6(11)2-5(13)3-7(8)12/h2-3,15H,1H3,(H,14,16). The largest absolute Gasteiger partial charge is 0.315 e. The minimum Gasteiger partial charge on any atom is -0.315 e. The van der Waals surface area contributed by atoms with Crippen LogP contribution >= 0.6 is 34.5 Å². The number of thiazole rings is 1. The summed E-state index contributed by atoms with van der Waals surface area (Å²) in [7, 11) is -4.04. The molecule has 20 heavy (non-hydrogen) atoms. The van der Waals surface area contributed by atoms with Gasteiger partial charge in [-0.15, -0.1) is 0 Å². The van der Waals surface area contributed by atoms with Crippen LogP contribution in [0.15, 0.2) is 21.1 Å². The Kier molecular flexibility index (Phi) is 4.10. The van der Waals surface area contributed by atoms with Gasteiger partial charge < -0.3 is 4.98 Å². The van der Waals surface area contributed by atoms with E-state index in [9.17, 15) is 17.6 Å². The Balaban J connectivity index is 2.49. The maximum atomic E-state index is 13.0. The molecule has 0 saturated carbocycles. The van der Waals surface area contributed by atoms with Crippen LogP contribution in [-0.2, 0) is 10.0 Å². The summed E-state index contributed by atoms with van der Waals surface area (Å²) in [6, 6.07) is 1.86. The van der Waals surface area contributed by atoms with Gasteiger partial charge in [0.05, 0.1) is 15.7 Å². The predicted octanol–water partition coefficient (Wildman–Crippen LogP) is 2.99. The van der Waals surface area contributed by atoms with Gasteiger partial charge in [0.15, 0.2) is 4.21 Å². The van der Waals surface area contributed by atoms with Gasteiger partial charge in [-0.1, -0.05) is 34.5 Å². The molecule has 0 bridgehead atoms. The maximum absolute atomic E-state index is 13.0. The van der Waals surface area contributed by atoms with Crippen LogP contribution in [-0.4, -0.2) is 13.4 Å². The number of H-pyrrole nitrogens is 1. The molecule has 0 atom stereocenters. The van der Waals surface area contributed by atoms with Gasteiger partial charge in [-0.25, -0.2) is 12.8 Å². The number of hydrogen-bond donors (Lipinski definition) is 2. The fourth-order valence-corrected chi connectivity index (χ4v) is 4.54. The summed E-state index contributed by atoms with van der Waals surface area (Å²) in [5.41, 5.74) is 0.0526. The topological polar surface area (TPSA) is 79.0 Å². The number of halogens is 3. The monoisotopic (exact) mass is 356 g/mol. The Hall–Kier alpha value is -1.09. The second-order valence-corrected chi connectivity index (χ2v) is 7.45. The molecule has 2 rings (SSSR count). The average molecular weight is 357 g/mol. The van der Waals surface area contributed by atoms with Crippen molar-refractivity contribution in [1.29, 1.82) is 0 Å². The molecule has 2 N–H and O–H groups in total. The van der Waals surface area contributed by atoms with E-state index in [4.69, 9.17) is 23.2 Å². The zero-order chi connectivity index (χ0) is 15.1. The zero-order valence-corrected chi connectivity index (χ0v) is 13.0. The first-order chi connectivity index (χ1) is 9.20.